The first-order chi connectivity index (χ1) is 11.1. The van der Waals surface area contributed by atoms with Crippen LogP contribution in [0.3, 0.4) is 0 Å². The molecule has 1 heterocycles. The summed E-state index contributed by atoms with van der Waals surface area (Å²) < 4.78 is 14.8. The van der Waals surface area contributed by atoms with Gasteiger partial charge in [-0.25, -0.2) is 19.0 Å². The summed E-state index contributed by atoms with van der Waals surface area (Å²) >= 11 is 0. The van der Waals surface area contributed by atoms with E-state index in [0.717, 1.165) is 16.9 Å². The summed E-state index contributed by atoms with van der Waals surface area (Å²) in [6.45, 7) is 0. The first-order valence-electron chi connectivity index (χ1n) is 7.10. The Balaban J connectivity index is 1.91. The lowest BCUT2D eigenvalue weighted by atomic mass is 10.2. The number of aromatic nitrogens is 3. The van der Waals surface area contributed by atoms with Gasteiger partial charge in [0.15, 0.2) is 5.82 Å². The van der Waals surface area contributed by atoms with E-state index in [1.165, 1.54) is 18.5 Å². The van der Waals surface area contributed by atoms with Crippen molar-refractivity contribution in [3.05, 3.63) is 60.7 Å². The number of hydrogen-bond donors (Lipinski definition) is 0. The lowest BCUT2D eigenvalue weighted by Gasteiger charge is -2.07. The number of nitrogens with zero attached hydrogens (tertiary/aromatic N) is 5. The molecule has 2 aromatic carbocycles. The highest BCUT2D eigenvalue weighted by molar-refractivity contribution is 5.62. The van der Waals surface area contributed by atoms with Crippen molar-refractivity contribution in [1.29, 1.82) is 0 Å². The Bertz CT molecular complexity index is 804. The van der Waals surface area contributed by atoms with Gasteiger partial charge >= 0.3 is 0 Å². The highest BCUT2D eigenvalue weighted by Gasteiger charge is 2.09. The molecule has 0 aliphatic rings. The van der Waals surface area contributed by atoms with Crippen LogP contribution in [0.5, 0.6) is 0 Å². The minimum absolute atomic E-state index is 0.275. The molecule has 0 bridgehead atoms. The van der Waals surface area contributed by atoms with E-state index in [4.69, 9.17) is 0 Å². The maximum absolute atomic E-state index is 13.1. The second-order valence-corrected chi connectivity index (χ2v) is 5.23. The van der Waals surface area contributed by atoms with Crippen LogP contribution in [-0.4, -0.2) is 40.1 Å². The topological polar surface area (TPSA) is 46.3 Å². The third-order valence-electron chi connectivity index (χ3n) is 3.18. The second kappa shape index (κ2) is 6.39. The SMILES string of the molecule is CN(C)/C=N\c1ccc(-n2ncnc2-c2ccc(F)cc2)cc1. The van der Waals surface area contributed by atoms with Gasteiger partial charge in [-0.1, -0.05) is 0 Å². The molecule has 0 aliphatic carbocycles. The molecule has 5 nitrogen and oxygen atoms in total. The molecule has 0 amide bonds. The molecule has 0 N–H and O–H groups in total. The highest BCUT2D eigenvalue weighted by atomic mass is 19.1. The van der Waals surface area contributed by atoms with Crippen molar-refractivity contribution in [2.45, 2.75) is 0 Å². The summed E-state index contributed by atoms with van der Waals surface area (Å²) in [6.07, 6.45) is 3.23. The summed E-state index contributed by atoms with van der Waals surface area (Å²) in [5.41, 5.74) is 2.52. The maximum atomic E-state index is 13.1. The lowest BCUT2D eigenvalue weighted by Crippen LogP contribution is -2.06. The van der Waals surface area contributed by atoms with Crippen LogP contribution in [0.25, 0.3) is 17.1 Å². The number of rotatable bonds is 4. The molecule has 6 heteroatoms. The van der Waals surface area contributed by atoms with Crippen molar-refractivity contribution in [3.8, 4) is 17.1 Å². The molecule has 116 valence electrons. The van der Waals surface area contributed by atoms with Gasteiger partial charge in [0.05, 0.1) is 17.7 Å². The summed E-state index contributed by atoms with van der Waals surface area (Å²) in [7, 11) is 3.84. The van der Waals surface area contributed by atoms with Crippen molar-refractivity contribution in [2.24, 2.45) is 4.99 Å². The lowest BCUT2D eigenvalue weighted by molar-refractivity contribution is 0.628. The predicted octanol–water partition coefficient (Wildman–Crippen LogP) is 3.29. The Hall–Kier alpha value is -3.02. The van der Waals surface area contributed by atoms with Crippen LogP contribution in [0.4, 0.5) is 10.1 Å². The molecular weight excluding hydrogens is 293 g/mol. The Morgan fingerprint density at radius 2 is 1.74 bits per heavy atom. The largest absolute Gasteiger partial charge is 0.369 e. The summed E-state index contributed by atoms with van der Waals surface area (Å²) in [6, 6.07) is 13.9. The number of halogens is 1. The van der Waals surface area contributed by atoms with Crippen molar-refractivity contribution >= 4 is 12.0 Å². The van der Waals surface area contributed by atoms with Crippen molar-refractivity contribution in [3.63, 3.8) is 0 Å². The van der Waals surface area contributed by atoms with Crippen molar-refractivity contribution in [1.82, 2.24) is 19.7 Å². The van der Waals surface area contributed by atoms with Crippen molar-refractivity contribution < 1.29 is 4.39 Å². The van der Waals surface area contributed by atoms with Crippen LogP contribution in [0.15, 0.2) is 59.9 Å². The van der Waals surface area contributed by atoms with E-state index in [1.54, 1.807) is 23.2 Å². The van der Waals surface area contributed by atoms with Crippen molar-refractivity contribution in [2.75, 3.05) is 14.1 Å². The van der Waals surface area contributed by atoms with E-state index in [1.807, 2.05) is 43.3 Å². The maximum Gasteiger partial charge on any atom is 0.163 e. The van der Waals surface area contributed by atoms with Gasteiger partial charge in [0, 0.05) is 19.7 Å². The molecule has 3 rings (SSSR count). The van der Waals surface area contributed by atoms with Gasteiger partial charge in [-0.2, -0.15) is 5.10 Å². The fraction of sp³-hybridized carbons (Fsp3) is 0.118. The molecular formula is C17H16FN5. The number of benzene rings is 2. The Kier molecular flexibility index (Phi) is 4.14. The Morgan fingerprint density at radius 1 is 1.04 bits per heavy atom. The Labute approximate surface area is 133 Å². The van der Waals surface area contributed by atoms with E-state index >= 15 is 0 Å². The summed E-state index contributed by atoms with van der Waals surface area (Å²) in [5, 5.41) is 4.25. The van der Waals surface area contributed by atoms with Gasteiger partial charge in [-0.05, 0) is 48.5 Å². The first-order valence-corrected chi connectivity index (χ1v) is 7.10. The molecule has 23 heavy (non-hydrogen) atoms. The zero-order valence-electron chi connectivity index (χ0n) is 12.9. The molecule has 0 aliphatic heterocycles. The molecule has 0 fully saturated rings. The van der Waals surface area contributed by atoms with Gasteiger partial charge in [-0.3, -0.25) is 0 Å². The fourth-order valence-corrected chi connectivity index (χ4v) is 2.09. The number of hydrogen-bond acceptors (Lipinski definition) is 3. The van der Waals surface area contributed by atoms with E-state index in [-0.39, 0.29) is 5.82 Å². The van der Waals surface area contributed by atoms with Crippen LogP contribution in [-0.2, 0) is 0 Å². The van der Waals surface area contributed by atoms with E-state index in [0.29, 0.717) is 5.82 Å². The third kappa shape index (κ3) is 3.42. The third-order valence-corrected chi connectivity index (χ3v) is 3.18. The average Bonchev–Trinajstić information content (AvgIpc) is 3.03. The van der Waals surface area contributed by atoms with Gasteiger partial charge in [0.25, 0.3) is 0 Å². The minimum Gasteiger partial charge on any atom is -0.369 e. The summed E-state index contributed by atoms with van der Waals surface area (Å²) in [4.78, 5) is 10.5. The zero-order chi connectivity index (χ0) is 16.2. The van der Waals surface area contributed by atoms with Gasteiger partial charge in [-0.15, -0.1) is 0 Å². The van der Waals surface area contributed by atoms with Gasteiger partial charge in [0.1, 0.15) is 12.1 Å². The number of aliphatic imine (C=N–C) groups is 1. The first kappa shape index (κ1) is 14.9. The quantitative estimate of drug-likeness (QED) is 0.549. The molecule has 0 unspecified atom stereocenters. The van der Waals surface area contributed by atoms with Crippen LogP contribution in [0.2, 0.25) is 0 Å². The van der Waals surface area contributed by atoms with Crippen LogP contribution in [0, 0.1) is 5.82 Å². The van der Waals surface area contributed by atoms with Crippen LogP contribution in [0.1, 0.15) is 0 Å². The van der Waals surface area contributed by atoms with E-state index in [2.05, 4.69) is 15.1 Å². The standard InChI is InChI=1S/C17H16FN5/c1-22(2)12-20-15-7-9-16(10-8-15)23-17(19-11-21-23)13-3-5-14(18)6-4-13/h3-12H,1-2H3/b20-12-. The van der Waals surface area contributed by atoms with E-state index in [9.17, 15) is 4.39 Å². The molecule has 0 atom stereocenters. The van der Waals surface area contributed by atoms with Crippen LogP contribution >= 0.6 is 0 Å². The normalized spacial score (nSPS) is 11.1. The predicted molar refractivity (Wildman–Crippen MR) is 88.6 cm³/mol. The Morgan fingerprint density at radius 3 is 2.39 bits per heavy atom. The monoisotopic (exact) mass is 309 g/mol. The average molecular weight is 309 g/mol. The highest BCUT2D eigenvalue weighted by Crippen LogP contribution is 2.22. The molecule has 0 saturated carbocycles. The molecule has 0 radical (unpaired) electrons. The van der Waals surface area contributed by atoms with Gasteiger partial charge < -0.3 is 4.90 Å². The molecule has 3 aromatic rings. The molecule has 0 spiro atoms. The molecule has 0 saturated heterocycles. The van der Waals surface area contributed by atoms with Crippen LogP contribution < -0.4 is 0 Å². The fourth-order valence-electron chi connectivity index (χ4n) is 2.09. The minimum atomic E-state index is -0.275. The smallest absolute Gasteiger partial charge is 0.163 e. The van der Waals surface area contributed by atoms with Gasteiger partial charge in [0.2, 0.25) is 0 Å². The summed E-state index contributed by atoms with van der Waals surface area (Å²) in [5.74, 6) is 0.387. The molecule has 1 aromatic heterocycles. The zero-order valence-corrected chi connectivity index (χ0v) is 12.9. The second-order valence-electron chi connectivity index (χ2n) is 5.23. The van der Waals surface area contributed by atoms with E-state index < -0.39 is 0 Å².